The Morgan fingerprint density at radius 1 is 0.972 bits per heavy atom. The van der Waals surface area contributed by atoms with E-state index in [1.807, 2.05) is 0 Å². The fourth-order valence-electron chi connectivity index (χ4n) is 3.92. The van der Waals surface area contributed by atoms with E-state index in [0.717, 1.165) is 4.90 Å². The molecule has 182 valence electrons. The summed E-state index contributed by atoms with van der Waals surface area (Å²) in [5, 5.41) is 13.6. The summed E-state index contributed by atoms with van der Waals surface area (Å²) in [6.07, 6.45) is -0.00306. The third-order valence-electron chi connectivity index (χ3n) is 5.72. The number of nitrogens with one attached hydrogen (secondary N) is 1. The zero-order chi connectivity index (χ0) is 25.8. The molecule has 0 saturated carbocycles. The number of nitrogens with zero attached hydrogens (tertiary/aromatic N) is 2. The van der Waals surface area contributed by atoms with Crippen molar-refractivity contribution >= 4 is 35.1 Å². The number of carbonyl (C=O) groups excluding carboxylic acids is 4. The number of amides is 3. The molecule has 36 heavy (non-hydrogen) atoms. The Labute approximate surface area is 205 Å². The molecular weight excluding hydrogens is 466 g/mol. The Hall–Kier alpha value is -4.86. The number of carbonyl (C=O) groups is 4. The van der Waals surface area contributed by atoms with E-state index in [1.54, 1.807) is 49.4 Å². The molecular formula is C26H21N3O7. The van der Waals surface area contributed by atoms with Crippen LogP contribution in [0.15, 0.2) is 72.8 Å². The van der Waals surface area contributed by atoms with Gasteiger partial charge in [0.15, 0.2) is 6.61 Å². The van der Waals surface area contributed by atoms with Crippen molar-refractivity contribution in [3.05, 3.63) is 105 Å². The first-order valence-electron chi connectivity index (χ1n) is 11.0. The fourth-order valence-corrected chi connectivity index (χ4v) is 3.92. The fraction of sp³-hybridized carbons (Fsp3) is 0.154. The molecule has 0 radical (unpaired) electrons. The maximum absolute atomic E-state index is 13.1. The Kier molecular flexibility index (Phi) is 6.86. The van der Waals surface area contributed by atoms with E-state index >= 15 is 0 Å². The summed E-state index contributed by atoms with van der Waals surface area (Å²) in [4.78, 5) is 62.9. The molecule has 0 fully saturated rings. The van der Waals surface area contributed by atoms with Crippen LogP contribution in [0.1, 0.15) is 31.8 Å². The average molecular weight is 487 g/mol. The van der Waals surface area contributed by atoms with Gasteiger partial charge in [-0.05, 0) is 30.7 Å². The van der Waals surface area contributed by atoms with Crippen molar-refractivity contribution < 1.29 is 28.8 Å². The predicted molar refractivity (Wildman–Crippen MR) is 128 cm³/mol. The third-order valence-corrected chi connectivity index (χ3v) is 5.72. The Morgan fingerprint density at radius 3 is 2.19 bits per heavy atom. The van der Waals surface area contributed by atoms with Gasteiger partial charge in [0, 0.05) is 23.7 Å². The molecule has 0 spiro atoms. The molecule has 1 N–H and O–H groups in total. The van der Waals surface area contributed by atoms with Gasteiger partial charge in [-0.2, -0.15) is 0 Å². The molecule has 0 saturated heterocycles. The van der Waals surface area contributed by atoms with Gasteiger partial charge in [0.25, 0.3) is 23.4 Å². The molecule has 1 atom stereocenters. The number of rotatable bonds is 8. The second-order valence-electron chi connectivity index (χ2n) is 8.15. The number of benzene rings is 3. The van der Waals surface area contributed by atoms with E-state index in [9.17, 15) is 29.3 Å². The minimum absolute atomic E-state index is 0.00306. The van der Waals surface area contributed by atoms with Crippen molar-refractivity contribution in [1.82, 2.24) is 4.90 Å². The second-order valence-corrected chi connectivity index (χ2v) is 8.15. The van der Waals surface area contributed by atoms with Crippen LogP contribution in [0.4, 0.5) is 11.4 Å². The number of imide groups is 1. The Bertz CT molecular complexity index is 1340. The van der Waals surface area contributed by atoms with Gasteiger partial charge in [0.2, 0.25) is 0 Å². The van der Waals surface area contributed by atoms with E-state index in [2.05, 4.69) is 5.32 Å². The molecule has 10 nitrogen and oxygen atoms in total. The van der Waals surface area contributed by atoms with Crippen molar-refractivity contribution in [2.45, 2.75) is 19.4 Å². The normalized spacial score (nSPS) is 13.2. The highest BCUT2D eigenvalue weighted by Gasteiger charge is 2.43. The van der Waals surface area contributed by atoms with Gasteiger partial charge in [-0.25, -0.2) is 4.79 Å². The molecule has 0 bridgehead atoms. The zero-order valence-corrected chi connectivity index (χ0v) is 19.2. The third kappa shape index (κ3) is 4.97. The number of ether oxygens (including phenoxy) is 1. The molecule has 0 aliphatic carbocycles. The van der Waals surface area contributed by atoms with Gasteiger partial charge in [-0.15, -0.1) is 0 Å². The lowest BCUT2D eigenvalue weighted by Crippen LogP contribution is -2.47. The number of nitro benzene ring substituents is 1. The van der Waals surface area contributed by atoms with Gasteiger partial charge < -0.3 is 10.1 Å². The first-order chi connectivity index (χ1) is 17.3. The lowest BCUT2D eigenvalue weighted by molar-refractivity contribution is -0.385. The molecule has 3 amide bonds. The van der Waals surface area contributed by atoms with Crippen molar-refractivity contribution in [3.8, 4) is 0 Å². The monoisotopic (exact) mass is 487 g/mol. The van der Waals surface area contributed by atoms with Gasteiger partial charge in [0.05, 0.1) is 16.1 Å². The van der Waals surface area contributed by atoms with Crippen molar-refractivity contribution in [2.24, 2.45) is 0 Å². The van der Waals surface area contributed by atoms with Crippen LogP contribution in [0, 0.1) is 17.0 Å². The number of aryl methyl sites for hydroxylation is 1. The predicted octanol–water partition coefficient (Wildman–Crippen LogP) is 3.29. The molecule has 0 aromatic heterocycles. The summed E-state index contributed by atoms with van der Waals surface area (Å²) in [6, 6.07) is 17.9. The quantitative estimate of drug-likeness (QED) is 0.223. The second kappa shape index (κ2) is 10.2. The van der Waals surface area contributed by atoms with Crippen LogP contribution in [-0.4, -0.2) is 46.2 Å². The number of hydrogen-bond acceptors (Lipinski definition) is 7. The first-order valence-corrected chi connectivity index (χ1v) is 11.0. The number of hydrogen-bond donors (Lipinski definition) is 1. The summed E-state index contributed by atoms with van der Waals surface area (Å²) in [6.45, 7) is 0.854. The largest absolute Gasteiger partial charge is 0.454 e. The van der Waals surface area contributed by atoms with Crippen LogP contribution >= 0.6 is 0 Å². The highest BCUT2D eigenvalue weighted by atomic mass is 16.6. The van der Waals surface area contributed by atoms with E-state index in [1.165, 1.54) is 30.3 Å². The molecule has 4 rings (SSSR count). The summed E-state index contributed by atoms with van der Waals surface area (Å²) < 4.78 is 5.19. The molecule has 3 aromatic rings. The average Bonchev–Trinajstić information content (AvgIpc) is 3.12. The summed E-state index contributed by atoms with van der Waals surface area (Å²) >= 11 is 0. The number of esters is 1. The molecule has 0 unspecified atom stereocenters. The van der Waals surface area contributed by atoms with Gasteiger partial charge in [-0.3, -0.25) is 29.4 Å². The maximum atomic E-state index is 13.1. The van der Waals surface area contributed by atoms with Crippen LogP contribution in [0.5, 0.6) is 0 Å². The zero-order valence-electron chi connectivity index (χ0n) is 19.2. The Morgan fingerprint density at radius 2 is 1.58 bits per heavy atom. The van der Waals surface area contributed by atoms with E-state index < -0.39 is 41.3 Å². The van der Waals surface area contributed by atoms with Crippen LogP contribution < -0.4 is 5.32 Å². The van der Waals surface area contributed by atoms with E-state index in [0.29, 0.717) is 11.1 Å². The lowest BCUT2D eigenvalue weighted by atomic mass is 10.0. The molecule has 1 heterocycles. The number of nitro groups is 1. The Balaban J connectivity index is 1.50. The molecule has 10 heteroatoms. The van der Waals surface area contributed by atoms with Crippen molar-refractivity contribution in [1.29, 1.82) is 0 Å². The van der Waals surface area contributed by atoms with Crippen LogP contribution in [0.2, 0.25) is 0 Å². The SMILES string of the molecule is Cc1ccc(NC(=O)COC(=O)[C@H](Cc2ccccc2)N2C(=O)c3ccccc3C2=O)cc1[N+](=O)[O-]. The van der Waals surface area contributed by atoms with E-state index in [-0.39, 0.29) is 28.9 Å². The number of fused-ring (bicyclic) bond motifs is 1. The van der Waals surface area contributed by atoms with Crippen LogP contribution in [-0.2, 0) is 20.7 Å². The molecule has 3 aromatic carbocycles. The van der Waals surface area contributed by atoms with Crippen molar-refractivity contribution in [2.75, 3.05) is 11.9 Å². The minimum atomic E-state index is -1.30. The summed E-state index contributed by atoms with van der Waals surface area (Å²) in [7, 11) is 0. The van der Waals surface area contributed by atoms with Gasteiger partial charge in [0.1, 0.15) is 6.04 Å². The topological polar surface area (TPSA) is 136 Å². The van der Waals surface area contributed by atoms with Crippen LogP contribution in [0.3, 0.4) is 0 Å². The number of anilines is 1. The van der Waals surface area contributed by atoms with Gasteiger partial charge >= 0.3 is 5.97 Å². The standard InChI is InChI=1S/C26H21N3O7/c1-16-11-12-18(14-21(16)29(34)35)27-23(30)15-36-26(33)22(13-17-7-3-2-4-8-17)28-24(31)19-9-5-6-10-20(19)25(28)32/h2-12,14,22H,13,15H2,1H3,(H,27,30)/t22-/m0/s1. The highest BCUT2D eigenvalue weighted by molar-refractivity contribution is 6.22. The lowest BCUT2D eigenvalue weighted by Gasteiger charge is -2.24. The maximum Gasteiger partial charge on any atom is 0.330 e. The summed E-state index contributed by atoms with van der Waals surface area (Å²) in [5.41, 5.74) is 1.48. The smallest absolute Gasteiger partial charge is 0.330 e. The van der Waals surface area contributed by atoms with E-state index in [4.69, 9.17) is 4.74 Å². The van der Waals surface area contributed by atoms with Gasteiger partial charge in [-0.1, -0.05) is 48.5 Å². The van der Waals surface area contributed by atoms with Crippen LogP contribution in [0.25, 0.3) is 0 Å². The summed E-state index contributed by atoms with van der Waals surface area (Å²) in [5.74, 6) is -2.91. The molecule has 1 aliphatic rings. The molecule has 1 aliphatic heterocycles. The first kappa shape index (κ1) is 24.3. The highest BCUT2D eigenvalue weighted by Crippen LogP contribution is 2.27. The minimum Gasteiger partial charge on any atom is -0.454 e. The van der Waals surface area contributed by atoms with Crippen molar-refractivity contribution in [3.63, 3.8) is 0 Å².